The summed E-state index contributed by atoms with van der Waals surface area (Å²) in [6.07, 6.45) is 1.66. The number of benzene rings is 2. The molecule has 0 saturated carbocycles. The molecular weight excluding hydrogens is 330 g/mol. The molecule has 0 radical (unpaired) electrons. The van der Waals surface area contributed by atoms with Gasteiger partial charge in [0.05, 0.1) is 19.3 Å². The van der Waals surface area contributed by atoms with E-state index in [-0.39, 0.29) is 12.0 Å². The number of likely N-dealkylation sites (tertiary alicyclic amines) is 1. The minimum atomic E-state index is -0.778. The summed E-state index contributed by atoms with van der Waals surface area (Å²) in [5.41, 5.74) is 2.78. The summed E-state index contributed by atoms with van der Waals surface area (Å²) in [6.45, 7) is 0.680. The van der Waals surface area contributed by atoms with Gasteiger partial charge in [-0.2, -0.15) is 0 Å². The molecule has 134 valence electrons. The van der Waals surface area contributed by atoms with Crippen LogP contribution in [-0.2, 0) is 4.79 Å². The van der Waals surface area contributed by atoms with Crippen molar-refractivity contribution in [1.82, 2.24) is 4.90 Å². The van der Waals surface area contributed by atoms with Crippen molar-refractivity contribution < 1.29 is 19.1 Å². The van der Waals surface area contributed by atoms with Crippen molar-refractivity contribution in [2.24, 2.45) is 5.92 Å². The van der Waals surface area contributed by atoms with Crippen LogP contribution in [0.1, 0.15) is 23.1 Å². The Balaban J connectivity index is 1.72. The third kappa shape index (κ3) is 2.74. The number of rotatable bonds is 4. The number of carbonyl (C=O) groups is 1. The summed E-state index contributed by atoms with van der Waals surface area (Å²) < 4.78 is 10.7. The van der Waals surface area contributed by atoms with Crippen LogP contribution < -0.4 is 4.74 Å². The van der Waals surface area contributed by atoms with E-state index < -0.39 is 11.9 Å². The molecule has 3 atom stereocenters. The van der Waals surface area contributed by atoms with E-state index in [0.29, 0.717) is 6.54 Å². The lowest BCUT2D eigenvalue weighted by Crippen LogP contribution is -2.26. The second-order valence-electron chi connectivity index (χ2n) is 6.85. The van der Waals surface area contributed by atoms with Gasteiger partial charge in [0.15, 0.2) is 0 Å². The predicted molar refractivity (Wildman–Crippen MR) is 98.4 cm³/mol. The molecule has 1 N–H and O–H groups in total. The Morgan fingerprint density at radius 3 is 2.58 bits per heavy atom. The summed E-state index contributed by atoms with van der Waals surface area (Å²) in [6, 6.07) is 15.4. The van der Waals surface area contributed by atoms with Crippen molar-refractivity contribution in [2.75, 3.05) is 20.7 Å². The number of hydrogen-bond donors (Lipinski definition) is 1. The molecule has 2 aromatic carbocycles. The van der Waals surface area contributed by atoms with Crippen molar-refractivity contribution in [3.8, 4) is 5.75 Å². The Hall–Kier alpha value is -2.79. The fourth-order valence-corrected chi connectivity index (χ4v) is 4.12. The van der Waals surface area contributed by atoms with Gasteiger partial charge in [-0.15, -0.1) is 0 Å². The van der Waals surface area contributed by atoms with Crippen molar-refractivity contribution in [2.45, 2.75) is 12.0 Å². The highest BCUT2D eigenvalue weighted by atomic mass is 16.5. The number of furan rings is 1. The third-order valence-corrected chi connectivity index (χ3v) is 5.38. The van der Waals surface area contributed by atoms with Crippen molar-refractivity contribution >= 4 is 16.9 Å². The Kier molecular flexibility index (Phi) is 4.17. The van der Waals surface area contributed by atoms with Gasteiger partial charge in [-0.05, 0) is 42.4 Å². The van der Waals surface area contributed by atoms with Crippen molar-refractivity contribution in [3.05, 3.63) is 65.9 Å². The summed E-state index contributed by atoms with van der Waals surface area (Å²) in [7, 11) is 3.60. The molecule has 5 heteroatoms. The Morgan fingerprint density at radius 1 is 1.15 bits per heavy atom. The number of carboxylic acids is 1. The van der Waals surface area contributed by atoms with Crippen LogP contribution in [0.3, 0.4) is 0 Å². The fraction of sp³-hybridized carbons (Fsp3) is 0.286. The van der Waals surface area contributed by atoms with Crippen LogP contribution in [-0.4, -0.2) is 36.7 Å². The Labute approximate surface area is 151 Å². The molecule has 26 heavy (non-hydrogen) atoms. The zero-order valence-electron chi connectivity index (χ0n) is 14.8. The number of aliphatic carboxylic acids is 1. The molecule has 0 aliphatic carbocycles. The summed E-state index contributed by atoms with van der Waals surface area (Å²) >= 11 is 0. The van der Waals surface area contributed by atoms with Crippen LogP contribution in [0.4, 0.5) is 0 Å². The van der Waals surface area contributed by atoms with Gasteiger partial charge < -0.3 is 14.3 Å². The highest BCUT2D eigenvalue weighted by molar-refractivity contribution is 5.79. The van der Waals surface area contributed by atoms with Gasteiger partial charge in [0, 0.05) is 23.9 Å². The molecule has 1 aliphatic rings. The van der Waals surface area contributed by atoms with Crippen molar-refractivity contribution in [1.29, 1.82) is 0 Å². The highest BCUT2D eigenvalue weighted by Crippen LogP contribution is 2.45. The molecule has 1 fully saturated rings. The summed E-state index contributed by atoms with van der Waals surface area (Å²) in [5, 5.41) is 11.0. The Bertz CT molecular complexity index is 931. The van der Waals surface area contributed by atoms with E-state index in [1.165, 1.54) is 0 Å². The lowest BCUT2D eigenvalue weighted by molar-refractivity contribution is -0.143. The van der Waals surface area contributed by atoms with Gasteiger partial charge in [-0.25, -0.2) is 0 Å². The largest absolute Gasteiger partial charge is 0.497 e. The molecule has 1 aromatic heterocycles. The van der Waals surface area contributed by atoms with Crippen LogP contribution >= 0.6 is 0 Å². The molecule has 0 bridgehead atoms. The van der Waals surface area contributed by atoms with E-state index in [2.05, 4.69) is 4.90 Å². The molecule has 2 heterocycles. The first-order valence-corrected chi connectivity index (χ1v) is 8.62. The van der Waals surface area contributed by atoms with E-state index in [1.54, 1.807) is 13.4 Å². The van der Waals surface area contributed by atoms with Crippen LogP contribution in [0.5, 0.6) is 5.75 Å². The van der Waals surface area contributed by atoms with E-state index in [9.17, 15) is 9.90 Å². The fourth-order valence-electron chi connectivity index (χ4n) is 4.12. The zero-order valence-corrected chi connectivity index (χ0v) is 14.8. The zero-order chi connectivity index (χ0) is 18.3. The van der Waals surface area contributed by atoms with Crippen LogP contribution in [0, 0.1) is 5.92 Å². The van der Waals surface area contributed by atoms with Crippen molar-refractivity contribution in [3.63, 3.8) is 0 Å². The third-order valence-electron chi connectivity index (χ3n) is 5.38. The standard InChI is InChI=1S/C21H21NO4/c1-22-12-17(15-4-3-13-9-10-26-18(13)11-15)19(21(23)24)20(22)14-5-7-16(25-2)8-6-14/h3-11,17,19-20H,12H2,1-2H3,(H,23,24). The lowest BCUT2D eigenvalue weighted by atomic mass is 9.82. The lowest BCUT2D eigenvalue weighted by Gasteiger charge is -2.24. The van der Waals surface area contributed by atoms with Crippen LogP contribution in [0.15, 0.2) is 59.2 Å². The minimum absolute atomic E-state index is 0.0981. The molecule has 1 aliphatic heterocycles. The summed E-state index contributed by atoms with van der Waals surface area (Å²) in [5.74, 6) is -0.638. The molecule has 0 amide bonds. The minimum Gasteiger partial charge on any atom is -0.497 e. The van der Waals surface area contributed by atoms with Gasteiger partial charge >= 0.3 is 5.97 Å². The van der Waals surface area contributed by atoms with E-state index in [4.69, 9.17) is 9.15 Å². The van der Waals surface area contributed by atoms with Gasteiger partial charge in [-0.1, -0.05) is 24.3 Å². The number of methoxy groups -OCH3 is 1. The van der Waals surface area contributed by atoms with E-state index in [1.807, 2.05) is 55.6 Å². The first kappa shape index (κ1) is 16.7. The molecule has 3 aromatic rings. The SMILES string of the molecule is COc1ccc(C2C(C(=O)O)C(c3ccc4ccoc4c3)CN2C)cc1. The van der Waals surface area contributed by atoms with Gasteiger partial charge in [0.25, 0.3) is 0 Å². The first-order chi connectivity index (χ1) is 12.6. The van der Waals surface area contributed by atoms with Gasteiger partial charge in [-0.3, -0.25) is 9.69 Å². The van der Waals surface area contributed by atoms with Crippen LogP contribution in [0.2, 0.25) is 0 Å². The molecule has 0 spiro atoms. The number of fused-ring (bicyclic) bond motifs is 1. The second kappa shape index (κ2) is 6.50. The smallest absolute Gasteiger partial charge is 0.309 e. The van der Waals surface area contributed by atoms with Gasteiger partial charge in [0.2, 0.25) is 0 Å². The Morgan fingerprint density at radius 2 is 1.88 bits per heavy atom. The number of carboxylic acid groups (broad SMARTS) is 1. The maximum Gasteiger partial charge on any atom is 0.309 e. The highest BCUT2D eigenvalue weighted by Gasteiger charge is 2.45. The van der Waals surface area contributed by atoms with E-state index in [0.717, 1.165) is 27.8 Å². The second-order valence-corrected chi connectivity index (χ2v) is 6.85. The predicted octanol–water partition coefficient (Wildman–Crippen LogP) is 3.91. The van der Waals surface area contributed by atoms with Gasteiger partial charge in [0.1, 0.15) is 11.3 Å². The number of hydrogen-bond acceptors (Lipinski definition) is 4. The monoisotopic (exact) mass is 351 g/mol. The first-order valence-electron chi connectivity index (χ1n) is 8.62. The maximum absolute atomic E-state index is 12.2. The number of likely N-dealkylation sites (N-methyl/N-ethyl adjacent to an activating group) is 1. The number of ether oxygens (including phenoxy) is 1. The molecular formula is C21H21NO4. The topological polar surface area (TPSA) is 62.9 Å². The summed E-state index contributed by atoms with van der Waals surface area (Å²) in [4.78, 5) is 14.3. The molecule has 4 rings (SSSR count). The average molecular weight is 351 g/mol. The normalized spacial score (nSPS) is 23.4. The molecule has 1 saturated heterocycles. The number of nitrogens with zero attached hydrogens (tertiary/aromatic N) is 1. The molecule has 5 nitrogen and oxygen atoms in total. The van der Waals surface area contributed by atoms with E-state index >= 15 is 0 Å². The molecule has 3 unspecified atom stereocenters. The average Bonchev–Trinajstić information content (AvgIpc) is 3.25. The maximum atomic E-state index is 12.2. The van der Waals surface area contributed by atoms with Crippen LogP contribution in [0.25, 0.3) is 11.0 Å². The quantitative estimate of drug-likeness (QED) is 0.772.